The summed E-state index contributed by atoms with van der Waals surface area (Å²) in [7, 11) is 1.68. The van der Waals surface area contributed by atoms with Crippen LogP contribution >= 0.6 is 15.9 Å². The minimum absolute atomic E-state index is 0.504. The lowest BCUT2D eigenvalue weighted by atomic mass is 10.1. The maximum atomic E-state index is 6.02. The van der Waals surface area contributed by atoms with Gasteiger partial charge in [-0.05, 0) is 34.3 Å². The molecule has 2 aromatic rings. The van der Waals surface area contributed by atoms with Gasteiger partial charge in [0.2, 0.25) is 0 Å². The predicted octanol–water partition coefficient (Wildman–Crippen LogP) is 3.51. The van der Waals surface area contributed by atoms with E-state index in [9.17, 15) is 0 Å². The Morgan fingerprint density at radius 1 is 1.30 bits per heavy atom. The Bertz CT molecular complexity index is 641. The van der Waals surface area contributed by atoms with Crippen LogP contribution in [0.15, 0.2) is 28.7 Å². The Morgan fingerprint density at radius 2 is 2.05 bits per heavy atom. The topological polar surface area (TPSA) is 61.0 Å². The van der Waals surface area contributed by atoms with E-state index in [1.165, 1.54) is 12.8 Å². The molecule has 1 heterocycles. The molecule has 0 aliphatic heterocycles. The number of ether oxygens (including phenoxy) is 1. The second-order valence-corrected chi connectivity index (χ2v) is 5.79. The lowest BCUT2D eigenvalue weighted by Crippen LogP contribution is -2.03. The molecule has 0 atom stereocenters. The Balaban J connectivity index is 2.10. The Morgan fingerprint density at radius 3 is 2.75 bits per heavy atom. The van der Waals surface area contributed by atoms with E-state index in [0.717, 1.165) is 21.3 Å². The first kappa shape index (κ1) is 13.5. The predicted molar refractivity (Wildman–Crippen MR) is 82.3 cm³/mol. The van der Waals surface area contributed by atoms with Crippen molar-refractivity contribution >= 4 is 21.7 Å². The number of anilines is 1. The van der Waals surface area contributed by atoms with Crippen molar-refractivity contribution in [3.05, 3.63) is 40.0 Å². The number of rotatable bonds is 4. The van der Waals surface area contributed by atoms with E-state index in [0.29, 0.717) is 24.2 Å². The smallest absolute Gasteiger partial charge is 0.162 e. The highest BCUT2D eigenvalue weighted by atomic mass is 79.9. The van der Waals surface area contributed by atoms with Crippen LogP contribution in [0.3, 0.4) is 0 Å². The fourth-order valence-corrected chi connectivity index (χ4v) is 2.75. The number of methoxy groups -OCH3 is 1. The molecule has 0 unspecified atom stereocenters. The quantitative estimate of drug-likeness (QED) is 0.929. The summed E-state index contributed by atoms with van der Waals surface area (Å²) in [5, 5.41) is 0. The molecule has 0 radical (unpaired) electrons. The minimum atomic E-state index is 0.504. The van der Waals surface area contributed by atoms with Gasteiger partial charge in [-0.1, -0.05) is 24.3 Å². The number of nitrogens with two attached hydrogens (primary N) is 1. The van der Waals surface area contributed by atoms with Crippen molar-refractivity contribution < 1.29 is 4.74 Å². The molecule has 104 valence electrons. The molecule has 1 aliphatic rings. The average Bonchev–Trinajstić information content (AvgIpc) is 3.27. The lowest BCUT2D eigenvalue weighted by Gasteiger charge is -2.11. The molecule has 2 N–H and O–H groups in total. The zero-order chi connectivity index (χ0) is 14.1. The van der Waals surface area contributed by atoms with Gasteiger partial charge in [-0.2, -0.15) is 0 Å². The molecular weight excluding hydrogens is 318 g/mol. The molecule has 0 spiro atoms. The molecule has 1 aromatic heterocycles. The van der Waals surface area contributed by atoms with E-state index >= 15 is 0 Å². The lowest BCUT2D eigenvalue weighted by molar-refractivity contribution is 0.185. The van der Waals surface area contributed by atoms with Gasteiger partial charge in [0.25, 0.3) is 0 Å². The summed E-state index contributed by atoms with van der Waals surface area (Å²) >= 11 is 3.50. The first-order chi connectivity index (χ1) is 9.70. The summed E-state index contributed by atoms with van der Waals surface area (Å²) in [6, 6.07) is 8.00. The Kier molecular flexibility index (Phi) is 3.72. The summed E-state index contributed by atoms with van der Waals surface area (Å²) in [5.41, 5.74) is 9.10. The molecule has 0 bridgehead atoms. The van der Waals surface area contributed by atoms with E-state index in [4.69, 9.17) is 15.5 Å². The molecule has 1 fully saturated rings. The normalized spacial score (nSPS) is 14.5. The van der Waals surface area contributed by atoms with Gasteiger partial charge < -0.3 is 10.5 Å². The standard InChI is InChI=1S/C15H16BrN3O/c1-20-8-10-4-2-3-5-11(10)15-18-13(9-6-7-9)12(16)14(17)19-15/h2-5,9H,6-8H2,1H3,(H2,17,18,19). The molecule has 4 nitrogen and oxygen atoms in total. The van der Waals surface area contributed by atoms with Crippen molar-refractivity contribution in [3.8, 4) is 11.4 Å². The van der Waals surface area contributed by atoms with Crippen LogP contribution in [-0.2, 0) is 11.3 Å². The van der Waals surface area contributed by atoms with Crippen LogP contribution in [-0.4, -0.2) is 17.1 Å². The molecule has 0 amide bonds. The van der Waals surface area contributed by atoms with Gasteiger partial charge in [-0.25, -0.2) is 9.97 Å². The van der Waals surface area contributed by atoms with Gasteiger partial charge >= 0.3 is 0 Å². The van der Waals surface area contributed by atoms with E-state index < -0.39 is 0 Å². The Labute approximate surface area is 126 Å². The van der Waals surface area contributed by atoms with Crippen LogP contribution in [0.5, 0.6) is 0 Å². The van der Waals surface area contributed by atoms with Crippen LogP contribution in [0.1, 0.15) is 30.0 Å². The van der Waals surface area contributed by atoms with E-state index in [1.54, 1.807) is 7.11 Å². The molecule has 5 heteroatoms. The second kappa shape index (κ2) is 5.50. The fraction of sp³-hybridized carbons (Fsp3) is 0.333. The van der Waals surface area contributed by atoms with Gasteiger partial charge in [-0.3, -0.25) is 0 Å². The van der Waals surface area contributed by atoms with E-state index in [-0.39, 0.29) is 0 Å². The molecular formula is C15H16BrN3O. The highest BCUT2D eigenvalue weighted by molar-refractivity contribution is 9.10. The van der Waals surface area contributed by atoms with Crippen LogP contribution in [0.4, 0.5) is 5.82 Å². The van der Waals surface area contributed by atoms with Crippen LogP contribution < -0.4 is 5.73 Å². The fourth-order valence-electron chi connectivity index (χ4n) is 2.25. The second-order valence-electron chi connectivity index (χ2n) is 5.00. The van der Waals surface area contributed by atoms with Gasteiger partial charge in [0.05, 0.1) is 16.8 Å². The van der Waals surface area contributed by atoms with Crippen molar-refractivity contribution in [2.24, 2.45) is 0 Å². The minimum Gasteiger partial charge on any atom is -0.383 e. The van der Waals surface area contributed by atoms with E-state index in [2.05, 4.69) is 20.9 Å². The van der Waals surface area contributed by atoms with Crippen molar-refractivity contribution in [2.75, 3.05) is 12.8 Å². The van der Waals surface area contributed by atoms with Crippen molar-refractivity contribution in [1.82, 2.24) is 9.97 Å². The van der Waals surface area contributed by atoms with Gasteiger partial charge in [-0.15, -0.1) is 0 Å². The molecule has 1 aromatic carbocycles. The van der Waals surface area contributed by atoms with Crippen LogP contribution in [0.2, 0.25) is 0 Å². The number of benzene rings is 1. The van der Waals surface area contributed by atoms with Crippen molar-refractivity contribution in [3.63, 3.8) is 0 Å². The SMILES string of the molecule is COCc1ccccc1-c1nc(N)c(Br)c(C2CC2)n1. The first-order valence-corrected chi connectivity index (χ1v) is 7.40. The first-order valence-electron chi connectivity index (χ1n) is 6.61. The van der Waals surface area contributed by atoms with Crippen molar-refractivity contribution in [1.29, 1.82) is 0 Å². The van der Waals surface area contributed by atoms with E-state index in [1.807, 2.05) is 24.3 Å². The van der Waals surface area contributed by atoms with Gasteiger partial charge in [0, 0.05) is 18.6 Å². The van der Waals surface area contributed by atoms with Crippen LogP contribution in [0, 0.1) is 0 Å². The highest BCUT2D eigenvalue weighted by Gasteiger charge is 2.29. The summed E-state index contributed by atoms with van der Waals surface area (Å²) in [4.78, 5) is 9.14. The molecule has 20 heavy (non-hydrogen) atoms. The molecule has 1 saturated carbocycles. The highest BCUT2D eigenvalue weighted by Crippen LogP contribution is 2.44. The number of aromatic nitrogens is 2. The summed E-state index contributed by atoms with van der Waals surface area (Å²) in [6.45, 7) is 0.536. The summed E-state index contributed by atoms with van der Waals surface area (Å²) in [5.74, 6) is 1.70. The maximum Gasteiger partial charge on any atom is 0.162 e. The summed E-state index contributed by atoms with van der Waals surface area (Å²) < 4.78 is 6.08. The number of halogens is 1. The van der Waals surface area contributed by atoms with Crippen molar-refractivity contribution in [2.45, 2.75) is 25.4 Å². The monoisotopic (exact) mass is 333 g/mol. The average molecular weight is 334 g/mol. The molecule has 3 rings (SSSR count). The zero-order valence-electron chi connectivity index (χ0n) is 11.3. The molecule has 0 saturated heterocycles. The third kappa shape index (κ3) is 2.55. The number of nitrogen functional groups attached to an aromatic ring is 1. The number of hydrogen-bond donors (Lipinski definition) is 1. The third-order valence-corrected chi connectivity index (χ3v) is 4.24. The zero-order valence-corrected chi connectivity index (χ0v) is 12.9. The van der Waals surface area contributed by atoms with Crippen LogP contribution in [0.25, 0.3) is 11.4 Å². The van der Waals surface area contributed by atoms with Gasteiger partial charge in [0.15, 0.2) is 5.82 Å². The van der Waals surface area contributed by atoms with Gasteiger partial charge in [0.1, 0.15) is 5.82 Å². The summed E-state index contributed by atoms with van der Waals surface area (Å²) in [6.07, 6.45) is 2.35. The largest absolute Gasteiger partial charge is 0.383 e. The third-order valence-electron chi connectivity index (χ3n) is 3.42. The maximum absolute atomic E-state index is 6.02. The number of nitrogens with zero attached hydrogens (tertiary/aromatic N) is 2. The Hall–Kier alpha value is -1.46. The molecule has 1 aliphatic carbocycles. The number of hydrogen-bond acceptors (Lipinski definition) is 4.